The van der Waals surface area contributed by atoms with E-state index in [-0.39, 0.29) is 24.0 Å². The van der Waals surface area contributed by atoms with E-state index in [1.807, 2.05) is 0 Å². The summed E-state index contributed by atoms with van der Waals surface area (Å²) in [5.74, 6) is 0.173. The lowest BCUT2D eigenvalue weighted by molar-refractivity contribution is 0.277. The summed E-state index contributed by atoms with van der Waals surface area (Å²) in [6.45, 7) is 4.56. The number of benzene rings is 1. The lowest BCUT2D eigenvalue weighted by Crippen LogP contribution is -2.42. The Morgan fingerprint density at radius 2 is 1.81 bits per heavy atom. The van der Waals surface area contributed by atoms with Crippen LogP contribution in [0.4, 0.5) is 8.78 Å². The van der Waals surface area contributed by atoms with Crippen LogP contribution in [0.3, 0.4) is 0 Å². The minimum absolute atomic E-state index is 0. The first-order chi connectivity index (χ1) is 9.54. The molecule has 3 nitrogen and oxygen atoms in total. The molecular weight excluding hydrogens is 387 g/mol. The van der Waals surface area contributed by atoms with Gasteiger partial charge in [-0.25, -0.2) is 8.78 Å². The monoisotopic (exact) mass is 409 g/mol. The molecule has 0 atom stereocenters. The van der Waals surface area contributed by atoms with Gasteiger partial charge >= 0.3 is 0 Å². The Labute approximate surface area is 141 Å². The number of aliphatic imine (C=N–C) groups is 1. The number of hydrogen-bond acceptors (Lipinski definition) is 1. The highest BCUT2D eigenvalue weighted by Gasteiger charge is 2.16. The number of likely N-dealkylation sites (tertiary alicyclic amines) is 1. The molecule has 1 aliphatic rings. The van der Waals surface area contributed by atoms with Crippen LogP contribution in [0.2, 0.25) is 0 Å². The Morgan fingerprint density at radius 1 is 1.24 bits per heavy atom. The van der Waals surface area contributed by atoms with E-state index in [9.17, 15) is 8.78 Å². The molecule has 21 heavy (non-hydrogen) atoms. The minimum atomic E-state index is -0.554. The van der Waals surface area contributed by atoms with Crippen molar-refractivity contribution in [2.24, 2.45) is 16.6 Å². The van der Waals surface area contributed by atoms with Gasteiger partial charge in [-0.3, -0.25) is 4.99 Å². The molecule has 0 spiro atoms. The van der Waals surface area contributed by atoms with Crippen molar-refractivity contribution >= 4 is 29.9 Å². The van der Waals surface area contributed by atoms with Gasteiger partial charge in [0.1, 0.15) is 11.6 Å². The molecule has 0 amide bonds. The van der Waals surface area contributed by atoms with E-state index >= 15 is 0 Å². The summed E-state index contributed by atoms with van der Waals surface area (Å²) in [6.07, 6.45) is 2.75. The van der Waals surface area contributed by atoms with E-state index in [1.165, 1.54) is 12.1 Å². The van der Waals surface area contributed by atoms with Crippen LogP contribution < -0.4 is 5.73 Å². The number of guanidine groups is 1. The average molecular weight is 409 g/mol. The Hall–Kier alpha value is -0.920. The van der Waals surface area contributed by atoms with Gasteiger partial charge in [0.25, 0.3) is 0 Å². The molecule has 1 aromatic carbocycles. The third-order valence-electron chi connectivity index (χ3n) is 3.70. The quantitative estimate of drug-likeness (QED) is 0.474. The van der Waals surface area contributed by atoms with Crippen LogP contribution in [0.25, 0.3) is 0 Å². The lowest BCUT2D eigenvalue weighted by atomic mass is 10.00. The second kappa shape index (κ2) is 8.51. The summed E-state index contributed by atoms with van der Waals surface area (Å²) in [5.41, 5.74) is 6.55. The normalized spacial score (nSPS) is 16.7. The maximum Gasteiger partial charge on any atom is 0.191 e. The van der Waals surface area contributed by atoms with Crippen LogP contribution in [-0.2, 0) is 6.42 Å². The van der Waals surface area contributed by atoms with Gasteiger partial charge < -0.3 is 10.6 Å². The van der Waals surface area contributed by atoms with Crippen LogP contribution in [0.15, 0.2) is 23.2 Å². The molecule has 0 saturated carbocycles. The summed E-state index contributed by atoms with van der Waals surface area (Å²) >= 11 is 0. The second-order valence-electron chi connectivity index (χ2n) is 5.44. The molecule has 1 aromatic rings. The van der Waals surface area contributed by atoms with Crippen LogP contribution in [0, 0.1) is 17.6 Å². The second-order valence-corrected chi connectivity index (χ2v) is 5.44. The number of nitrogens with zero attached hydrogens (tertiary/aromatic N) is 2. The Kier molecular flexibility index (Phi) is 7.34. The van der Waals surface area contributed by atoms with Crippen molar-refractivity contribution in [1.29, 1.82) is 0 Å². The first-order valence-electron chi connectivity index (χ1n) is 7.04. The zero-order valence-corrected chi connectivity index (χ0v) is 14.5. The topological polar surface area (TPSA) is 41.6 Å². The van der Waals surface area contributed by atoms with Crippen molar-refractivity contribution in [2.45, 2.75) is 26.2 Å². The smallest absolute Gasteiger partial charge is 0.191 e. The summed E-state index contributed by atoms with van der Waals surface area (Å²) < 4.78 is 26.1. The summed E-state index contributed by atoms with van der Waals surface area (Å²) in [4.78, 5) is 6.38. The van der Waals surface area contributed by atoms with Crippen molar-refractivity contribution in [1.82, 2.24) is 4.90 Å². The first kappa shape index (κ1) is 18.1. The number of piperidine rings is 1. The maximum absolute atomic E-state index is 13.0. The highest BCUT2D eigenvalue weighted by atomic mass is 127. The fraction of sp³-hybridized carbons (Fsp3) is 0.533. The Morgan fingerprint density at radius 3 is 2.38 bits per heavy atom. The van der Waals surface area contributed by atoms with Crippen LogP contribution in [0.5, 0.6) is 0 Å². The fourth-order valence-electron chi connectivity index (χ4n) is 2.39. The molecule has 6 heteroatoms. The number of rotatable bonds is 3. The van der Waals surface area contributed by atoms with E-state index < -0.39 is 11.6 Å². The molecule has 0 bridgehead atoms. The molecule has 1 fully saturated rings. The van der Waals surface area contributed by atoms with Gasteiger partial charge in [-0.1, -0.05) is 6.92 Å². The van der Waals surface area contributed by atoms with Gasteiger partial charge in [0, 0.05) is 25.7 Å². The zero-order valence-electron chi connectivity index (χ0n) is 12.2. The minimum Gasteiger partial charge on any atom is -0.370 e. The highest BCUT2D eigenvalue weighted by Crippen LogP contribution is 2.15. The van der Waals surface area contributed by atoms with E-state index in [4.69, 9.17) is 5.73 Å². The molecule has 1 saturated heterocycles. The predicted octanol–water partition coefficient (Wildman–Crippen LogP) is 3.17. The molecule has 118 valence electrons. The van der Waals surface area contributed by atoms with Gasteiger partial charge in [-0.2, -0.15) is 0 Å². The van der Waals surface area contributed by atoms with E-state index in [2.05, 4.69) is 16.8 Å². The van der Waals surface area contributed by atoms with Crippen LogP contribution in [0.1, 0.15) is 25.3 Å². The average Bonchev–Trinajstić information content (AvgIpc) is 2.38. The summed E-state index contributed by atoms with van der Waals surface area (Å²) in [5, 5.41) is 0. The van der Waals surface area contributed by atoms with E-state index in [0.717, 1.165) is 37.9 Å². The van der Waals surface area contributed by atoms with Crippen molar-refractivity contribution in [2.75, 3.05) is 19.6 Å². The van der Waals surface area contributed by atoms with Crippen LogP contribution >= 0.6 is 24.0 Å². The first-order valence-corrected chi connectivity index (χ1v) is 7.04. The molecular formula is C15H22F2IN3. The van der Waals surface area contributed by atoms with Crippen LogP contribution in [-0.4, -0.2) is 30.5 Å². The van der Waals surface area contributed by atoms with Gasteiger partial charge in [-0.05, 0) is 42.9 Å². The van der Waals surface area contributed by atoms with Gasteiger partial charge in [0.15, 0.2) is 5.96 Å². The molecule has 0 radical (unpaired) electrons. The zero-order chi connectivity index (χ0) is 14.5. The largest absolute Gasteiger partial charge is 0.370 e. The number of hydrogen-bond donors (Lipinski definition) is 1. The summed E-state index contributed by atoms with van der Waals surface area (Å²) in [6, 6.07) is 3.53. The molecule has 0 unspecified atom stereocenters. The lowest BCUT2D eigenvalue weighted by Gasteiger charge is -2.31. The molecule has 0 aromatic heterocycles. The predicted molar refractivity (Wildman–Crippen MR) is 91.9 cm³/mol. The van der Waals surface area contributed by atoms with Crippen molar-refractivity contribution < 1.29 is 8.78 Å². The van der Waals surface area contributed by atoms with E-state index in [1.54, 1.807) is 0 Å². The van der Waals surface area contributed by atoms with Gasteiger partial charge in [0.05, 0.1) is 0 Å². The third-order valence-corrected chi connectivity index (χ3v) is 3.70. The van der Waals surface area contributed by atoms with Crippen molar-refractivity contribution in [3.05, 3.63) is 35.4 Å². The fourth-order valence-corrected chi connectivity index (χ4v) is 2.39. The Balaban J connectivity index is 0.00000220. The maximum atomic E-state index is 13.0. The number of nitrogens with two attached hydrogens (primary N) is 1. The highest BCUT2D eigenvalue weighted by molar-refractivity contribution is 14.0. The van der Waals surface area contributed by atoms with E-state index in [0.29, 0.717) is 24.5 Å². The van der Waals surface area contributed by atoms with Gasteiger partial charge in [0.2, 0.25) is 0 Å². The molecule has 1 aliphatic heterocycles. The molecule has 2 N–H and O–H groups in total. The SMILES string of the molecule is CC1CCN(C(N)=NCCc2cc(F)cc(F)c2)CC1.I. The molecule has 2 rings (SSSR count). The van der Waals surface area contributed by atoms with Crippen molar-refractivity contribution in [3.63, 3.8) is 0 Å². The number of halogens is 3. The van der Waals surface area contributed by atoms with Crippen molar-refractivity contribution in [3.8, 4) is 0 Å². The molecule has 1 heterocycles. The van der Waals surface area contributed by atoms with Gasteiger partial charge in [-0.15, -0.1) is 24.0 Å². The molecule has 0 aliphatic carbocycles. The Bertz CT molecular complexity index is 466. The standard InChI is InChI=1S/C15H21F2N3.HI/c1-11-3-6-20(7-4-11)15(18)19-5-2-12-8-13(16)10-14(17)9-12;/h8-11H,2-7H2,1H3,(H2,18,19);1H. The summed E-state index contributed by atoms with van der Waals surface area (Å²) in [7, 11) is 0. The third kappa shape index (κ3) is 5.76.